The summed E-state index contributed by atoms with van der Waals surface area (Å²) in [6.45, 7) is 3.70. The van der Waals surface area contributed by atoms with Gasteiger partial charge in [0.2, 0.25) is 11.8 Å². The number of nitrogens with zero attached hydrogens (tertiary/aromatic N) is 2. The van der Waals surface area contributed by atoms with E-state index in [1.807, 2.05) is 9.80 Å². The molecule has 4 unspecified atom stereocenters. The average Bonchev–Trinajstić information content (AvgIpc) is 3.44. The van der Waals surface area contributed by atoms with Crippen molar-refractivity contribution in [3.63, 3.8) is 0 Å². The minimum Gasteiger partial charge on any atom is -0.339 e. The standard InChI is InChI=1S/C23H39N5O2/c24-20-19-13-17(5-6-18(19)14-26-20)15-1-3-16(4-2-15)21(29)27-9-11-28(12-10-27)22(30)23(25)7-8-23/h15-20,26H,1-14,24-25H2. The van der Waals surface area contributed by atoms with Gasteiger partial charge in [-0.1, -0.05) is 0 Å². The van der Waals surface area contributed by atoms with Gasteiger partial charge in [-0.15, -0.1) is 0 Å². The van der Waals surface area contributed by atoms with Crippen molar-refractivity contribution >= 4 is 11.8 Å². The van der Waals surface area contributed by atoms with Gasteiger partial charge < -0.3 is 26.6 Å². The zero-order valence-electron chi connectivity index (χ0n) is 18.2. The molecule has 3 aliphatic carbocycles. The zero-order chi connectivity index (χ0) is 20.9. The minimum atomic E-state index is -0.595. The number of fused-ring (bicyclic) bond motifs is 1. The van der Waals surface area contributed by atoms with E-state index in [-0.39, 0.29) is 18.0 Å². The molecule has 0 radical (unpaired) electrons. The molecular weight excluding hydrogens is 378 g/mol. The van der Waals surface area contributed by atoms with Crippen LogP contribution in [-0.2, 0) is 9.59 Å². The Morgan fingerprint density at radius 2 is 1.43 bits per heavy atom. The Labute approximate surface area is 180 Å². The highest BCUT2D eigenvalue weighted by atomic mass is 16.2. The fraction of sp³-hybridized carbons (Fsp3) is 0.913. The maximum absolute atomic E-state index is 13.1. The van der Waals surface area contributed by atoms with Crippen molar-refractivity contribution in [1.82, 2.24) is 15.1 Å². The van der Waals surface area contributed by atoms with Crippen molar-refractivity contribution in [1.29, 1.82) is 0 Å². The lowest BCUT2D eigenvalue weighted by Gasteiger charge is -2.41. The number of hydrogen-bond donors (Lipinski definition) is 3. The number of rotatable bonds is 3. The second kappa shape index (κ2) is 8.06. The van der Waals surface area contributed by atoms with Gasteiger partial charge in [-0.2, -0.15) is 0 Å². The van der Waals surface area contributed by atoms with Gasteiger partial charge >= 0.3 is 0 Å². The van der Waals surface area contributed by atoms with E-state index in [4.69, 9.17) is 11.5 Å². The predicted octanol–water partition coefficient (Wildman–Crippen LogP) is 0.875. The molecular formula is C23H39N5O2. The number of amides is 2. The maximum atomic E-state index is 13.1. The Kier molecular flexibility index (Phi) is 5.57. The topological polar surface area (TPSA) is 105 Å². The van der Waals surface area contributed by atoms with Crippen LogP contribution in [-0.4, -0.2) is 66.0 Å². The Balaban J connectivity index is 1.08. The van der Waals surface area contributed by atoms with Gasteiger partial charge in [0.1, 0.15) is 0 Å². The highest BCUT2D eigenvalue weighted by molar-refractivity contribution is 5.89. The van der Waals surface area contributed by atoms with Crippen molar-refractivity contribution in [2.24, 2.45) is 41.1 Å². The number of carbonyl (C=O) groups excluding carboxylic acids is 2. The van der Waals surface area contributed by atoms with Crippen LogP contribution in [0.3, 0.4) is 0 Å². The largest absolute Gasteiger partial charge is 0.339 e. The normalized spacial score (nSPS) is 40.7. The molecule has 2 aliphatic heterocycles. The predicted molar refractivity (Wildman–Crippen MR) is 115 cm³/mol. The van der Waals surface area contributed by atoms with Crippen molar-refractivity contribution in [2.45, 2.75) is 69.5 Å². The smallest absolute Gasteiger partial charge is 0.242 e. The van der Waals surface area contributed by atoms with Gasteiger partial charge in [0.05, 0.1) is 11.7 Å². The molecule has 168 valence electrons. The molecule has 4 atom stereocenters. The second-order valence-electron chi connectivity index (χ2n) is 10.8. The third-order valence-electron chi connectivity index (χ3n) is 9.05. The molecule has 5 rings (SSSR count). The minimum absolute atomic E-state index is 0.0852. The number of piperazine rings is 1. The van der Waals surface area contributed by atoms with E-state index in [2.05, 4.69) is 5.32 Å². The van der Waals surface area contributed by atoms with E-state index in [1.165, 1.54) is 32.1 Å². The molecule has 0 aromatic carbocycles. The Morgan fingerprint density at radius 1 is 0.833 bits per heavy atom. The molecule has 2 amide bonds. The van der Waals surface area contributed by atoms with E-state index in [9.17, 15) is 9.59 Å². The molecule has 0 spiro atoms. The average molecular weight is 418 g/mol. The molecule has 5 aliphatic rings. The molecule has 30 heavy (non-hydrogen) atoms. The summed E-state index contributed by atoms with van der Waals surface area (Å²) < 4.78 is 0. The zero-order valence-corrected chi connectivity index (χ0v) is 18.2. The van der Waals surface area contributed by atoms with Crippen molar-refractivity contribution in [3.05, 3.63) is 0 Å². The molecule has 0 aromatic rings. The molecule has 7 nitrogen and oxygen atoms in total. The second-order valence-corrected chi connectivity index (χ2v) is 10.8. The van der Waals surface area contributed by atoms with Crippen LogP contribution in [0.1, 0.15) is 57.8 Å². The molecule has 5 fully saturated rings. The SMILES string of the molecule is NC1NCC2CCC(C3CCC(C(=O)N4CCN(C(=O)C5(N)CC5)CC4)CC3)CC21. The Morgan fingerprint density at radius 3 is 2.10 bits per heavy atom. The third kappa shape index (κ3) is 3.89. The van der Waals surface area contributed by atoms with Crippen LogP contribution in [0.5, 0.6) is 0 Å². The first-order valence-electron chi connectivity index (χ1n) is 12.3. The first-order chi connectivity index (χ1) is 14.4. The van der Waals surface area contributed by atoms with Crippen molar-refractivity contribution < 1.29 is 9.59 Å². The first kappa shape index (κ1) is 20.7. The summed E-state index contributed by atoms with van der Waals surface area (Å²) in [5.41, 5.74) is 11.8. The molecule has 7 heteroatoms. The van der Waals surface area contributed by atoms with Crippen LogP contribution in [0.25, 0.3) is 0 Å². The molecule has 0 bridgehead atoms. The van der Waals surface area contributed by atoms with Gasteiger partial charge in [-0.05, 0) is 88.0 Å². The Hall–Kier alpha value is -1.18. The summed E-state index contributed by atoms with van der Waals surface area (Å²) in [6, 6.07) is 0. The van der Waals surface area contributed by atoms with Crippen molar-refractivity contribution in [3.8, 4) is 0 Å². The van der Waals surface area contributed by atoms with E-state index >= 15 is 0 Å². The molecule has 2 saturated heterocycles. The summed E-state index contributed by atoms with van der Waals surface area (Å²) >= 11 is 0. The highest BCUT2D eigenvalue weighted by Crippen LogP contribution is 2.45. The van der Waals surface area contributed by atoms with Crippen LogP contribution >= 0.6 is 0 Å². The van der Waals surface area contributed by atoms with Gasteiger partial charge in [0.25, 0.3) is 0 Å². The number of nitrogens with one attached hydrogen (secondary N) is 1. The number of nitrogens with two attached hydrogens (primary N) is 2. The summed E-state index contributed by atoms with van der Waals surface area (Å²) in [6.07, 6.45) is 10.2. The summed E-state index contributed by atoms with van der Waals surface area (Å²) in [5.74, 6) is 3.60. The van der Waals surface area contributed by atoms with Crippen LogP contribution in [0.15, 0.2) is 0 Å². The quantitative estimate of drug-likeness (QED) is 0.632. The van der Waals surface area contributed by atoms with E-state index in [0.717, 1.165) is 50.0 Å². The lowest BCUT2D eigenvalue weighted by atomic mass is 9.66. The van der Waals surface area contributed by atoms with Crippen molar-refractivity contribution in [2.75, 3.05) is 32.7 Å². The van der Waals surface area contributed by atoms with Crippen LogP contribution in [0.4, 0.5) is 0 Å². The van der Waals surface area contributed by atoms with Gasteiger partial charge in [0.15, 0.2) is 0 Å². The maximum Gasteiger partial charge on any atom is 0.242 e. The molecule has 5 N–H and O–H groups in total. The lowest BCUT2D eigenvalue weighted by Crippen LogP contribution is -2.56. The van der Waals surface area contributed by atoms with E-state index in [1.54, 1.807) is 0 Å². The Bertz CT molecular complexity index is 665. The van der Waals surface area contributed by atoms with Crippen LogP contribution < -0.4 is 16.8 Å². The van der Waals surface area contributed by atoms with E-state index < -0.39 is 5.54 Å². The highest BCUT2D eigenvalue weighted by Gasteiger charge is 2.49. The van der Waals surface area contributed by atoms with Gasteiger partial charge in [-0.25, -0.2) is 0 Å². The summed E-state index contributed by atoms with van der Waals surface area (Å²) in [4.78, 5) is 29.4. The van der Waals surface area contributed by atoms with Crippen LogP contribution in [0, 0.1) is 29.6 Å². The summed E-state index contributed by atoms with van der Waals surface area (Å²) in [5, 5.41) is 3.46. The molecule has 2 heterocycles. The number of hydrogen-bond acceptors (Lipinski definition) is 5. The monoisotopic (exact) mass is 417 g/mol. The lowest BCUT2D eigenvalue weighted by molar-refractivity contribution is -0.144. The van der Waals surface area contributed by atoms with Crippen LogP contribution in [0.2, 0.25) is 0 Å². The summed E-state index contributed by atoms with van der Waals surface area (Å²) in [7, 11) is 0. The number of carbonyl (C=O) groups is 2. The third-order valence-corrected chi connectivity index (χ3v) is 9.05. The first-order valence-corrected chi connectivity index (χ1v) is 12.3. The van der Waals surface area contributed by atoms with Gasteiger partial charge in [0, 0.05) is 32.1 Å². The fourth-order valence-electron chi connectivity index (χ4n) is 6.75. The fourth-order valence-corrected chi connectivity index (χ4v) is 6.75. The molecule has 0 aromatic heterocycles. The van der Waals surface area contributed by atoms with E-state index in [0.29, 0.717) is 38.0 Å². The molecule has 3 saturated carbocycles. The van der Waals surface area contributed by atoms with Gasteiger partial charge in [-0.3, -0.25) is 9.59 Å².